The predicted molar refractivity (Wildman–Crippen MR) is 171 cm³/mol. The molecule has 2 heterocycles. The number of hydrogen-bond acceptors (Lipinski definition) is 7. The van der Waals surface area contributed by atoms with Gasteiger partial charge in [-0.3, -0.25) is 24.1 Å². The molecule has 4 aliphatic rings. The molecule has 52 heavy (non-hydrogen) atoms. The molecule has 3 aromatic rings. The minimum Gasteiger partial charge on any atom is -0.491 e. The molecule has 4 amide bonds. The highest BCUT2D eigenvalue weighted by molar-refractivity contribution is 6.58. The van der Waals surface area contributed by atoms with E-state index in [0.29, 0.717) is 0 Å². The molecule has 2 aliphatic carbocycles. The van der Waals surface area contributed by atoms with Crippen LogP contribution in [0.4, 0.5) is 33.3 Å². The van der Waals surface area contributed by atoms with Gasteiger partial charge in [-0.15, -0.1) is 23.2 Å². The highest BCUT2D eigenvalue weighted by Gasteiger charge is 2.77. The van der Waals surface area contributed by atoms with Crippen LogP contribution in [0.3, 0.4) is 0 Å². The Kier molecular flexibility index (Phi) is 8.46. The Balaban J connectivity index is 1.40. The quantitative estimate of drug-likeness (QED) is 0.0834. The number of hydrogen-bond donors (Lipinski definition) is 2. The summed E-state index contributed by atoms with van der Waals surface area (Å²) in [4.78, 5) is 63.5. The van der Waals surface area contributed by atoms with E-state index in [-0.39, 0.29) is 52.7 Å². The maximum absolute atomic E-state index is 15.2. The second-order valence-electron chi connectivity index (χ2n) is 12.7. The minimum absolute atomic E-state index is 0.0476. The Morgan fingerprint density at radius 2 is 1.48 bits per heavy atom. The molecule has 0 aromatic heterocycles. The van der Waals surface area contributed by atoms with Crippen LogP contribution >= 0.6 is 23.2 Å². The number of fused-ring (bicyclic) bond motifs is 4. The number of aliphatic hydroxyl groups excluding tert-OH is 1. The average Bonchev–Trinajstić information content (AvgIpc) is 3.47. The summed E-state index contributed by atoms with van der Waals surface area (Å²) in [6, 6.07) is 10.7. The Hall–Kier alpha value is -4.86. The van der Waals surface area contributed by atoms with E-state index in [9.17, 15) is 42.3 Å². The van der Waals surface area contributed by atoms with Crippen LogP contribution in [0, 0.1) is 46.8 Å². The van der Waals surface area contributed by atoms with Crippen LogP contribution in [-0.2, 0) is 19.2 Å². The third kappa shape index (κ3) is 4.75. The summed E-state index contributed by atoms with van der Waals surface area (Å²) in [6.45, 7) is -0.412. The Morgan fingerprint density at radius 3 is 2.10 bits per heavy atom. The summed E-state index contributed by atoms with van der Waals surface area (Å²) >= 11 is 14.2. The van der Waals surface area contributed by atoms with Gasteiger partial charge >= 0.3 is 5.97 Å². The van der Waals surface area contributed by atoms with Crippen LogP contribution in [0.2, 0.25) is 0 Å². The number of alkyl halides is 2. The summed E-state index contributed by atoms with van der Waals surface area (Å²) in [6.07, 6.45) is 0.738. The van der Waals surface area contributed by atoms with Crippen molar-refractivity contribution in [2.45, 2.75) is 28.5 Å². The first-order valence-electron chi connectivity index (χ1n) is 15.6. The number of ether oxygens (including phenoxy) is 1. The number of carboxylic acids is 1. The number of rotatable bonds is 7. The number of aromatic carboxylic acids is 1. The number of nitrogens with zero attached hydrogens (tertiary/aromatic N) is 2. The monoisotopic (exact) mass is 764 g/mol. The van der Waals surface area contributed by atoms with Gasteiger partial charge in [0.25, 0.3) is 11.8 Å². The molecule has 3 fully saturated rings. The predicted octanol–water partition coefficient (Wildman–Crippen LogP) is 5.22. The van der Waals surface area contributed by atoms with E-state index in [1.165, 1.54) is 48.5 Å². The molecule has 0 radical (unpaired) electrons. The number of carbonyl (C=O) groups is 5. The van der Waals surface area contributed by atoms with E-state index in [4.69, 9.17) is 33.0 Å². The summed E-state index contributed by atoms with van der Waals surface area (Å²) in [7, 11) is 0. The molecular formula is C35H23Cl2F5N2O8. The summed E-state index contributed by atoms with van der Waals surface area (Å²) in [5.74, 6) is -23.2. The second kappa shape index (κ2) is 12.4. The number of aliphatic hydroxyl groups is 1. The zero-order valence-corrected chi connectivity index (χ0v) is 27.7. The largest absolute Gasteiger partial charge is 0.491 e. The third-order valence-electron chi connectivity index (χ3n) is 10.1. The third-order valence-corrected chi connectivity index (χ3v) is 11.6. The van der Waals surface area contributed by atoms with Gasteiger partial charge in [0, 0.05) is 5.92 Å². The molecule has 7 rings (SSSR count). The van der Waals surface area contributed by atoms with Crippen molar-refractivity contribution in [2.75, 3.05) is 23.0 Å². The molecule has 0 spiro atoms. The fourth-order valence-electron chi connectivity index (χ4n) is 7.89. The number of carboxylic acid groups (broad SMARTS) is 1. The van der Waals surface area contributed by atoms with Crippen LogP contribution in [0.1, 0.15) is 34.7 Å². The standard InChI is InChI=1S/C35H23Cl2F5N2O8/c36-34-13-20-18(8-9-19-21(20)30(47)43(29(19)46)16-3-1-2-15(12-16)31(48)49)22(14-4-6-17(7-5-14)52-11-10-45)35(34,37)33(51)44(32(34)50)28-26(41)24(39)23(38)25(40)27(28)42/h1-8,12,19-22,45H,9-11,13H2,(H,48,49)/t19-,20+,21-,22-,34+,35-/m0/s1. The maximum Gasteiger partial charge on any atom is 0.335 e. The van der Waals surface area contributed by atoms with Crippen molar-refractivity contribution in [2.24, 2.45) is 17.8 Å². The number of benzene rings is 3. The van der Waals surface area contributed by atoms with E-state index >= 15 is 8.78 Å². The lowest BCUT2D eigenvalue weighted by Crippen LogP contribution is -2.60. The molecule has 2 aliphatic heterocycles. The lowest BCUT2D eigenvalue weighted by Gasteiger charge is -2.50. The number of anilines is 2. The van der Waals surface area contributed by atoms with E-state index in [1.807, 2.05) is 0 Å². The summed E-state index contributed by atoms with van der Waals surface area (Å²) in [5, 5.41) is 18.6. The van der Waals surface area contributed by atoms with Gasteiger partial charge in [0.05, 0.1) is 29.7 Å². The van der Waals surface area contributed by atoms with Crippen LogP contribution in [0.25, 0.3) is 0 Å². The molecule has 6 atom stereocenters. The fourth-order valence-corrected chi connectivity index (χ4v) is 8.83. The molecule has 3 aromatic carbocycles. The van der Waals surface area contributed by atoms with Crippen LogP contribution in [0.5, 0.6) is 5.75 Å². The van der Waals surface area contributed by atoms with Crippen molar-refractivity contribution in [3.63, 3.8) is 0 Å². The zero-order chi connectivity index (χ0) is 37.6. The smallest absolute Gasteiger partial charge is 0.335 e. The molecule has 2 N–H and O–H groups in total. The first-order valence-corrected chi connectivity index (χ1v) is 16.4. The number of allylic oxidation sites excluding steroid dienone is 2. The van der Waals surface area contributed by atoms with Gasteiger partial charge in [-0.05, 0) is 54.7 Å². The minimum atomic E-state index is -2.70. The van der Waals surface area contributed by atoms with Crippen molar-refractivity contribution in [1.29, 1.82) is 0 Å². The van der Waals surface area contributed by atoms with Gasteiger partial charge in [0.2, 0.25) is 17.6 Å². The molecule has 270 valence electrons. The molecule has 0 bridgehead atoms. The topological polar surface area (TPSA) is 142 Å². The van der Waals surface area contributed by atoms with E-state index < -0.39 is 104 Å². The zero-order valence-electron chi connectivity index (χ0n) is 26.2. The summed E-state index contributed by atoms with van der Waals surface area (Å²) in [5.41, 5.74) is -1.76. The number of halogens is 7. The maximum atomic E-state index is 15.2. The lowest BCUT2D eigenvalue weighted by atomic mass is 9.56. The van der Waals surface area contributed by atoms with Gasteiger partial charge in [0.15, 0.2) is 33.0 Å². The Labute approximate surface area is 300 Å². The van der Waals surface area contributed by atoms with E-state index in [1.54, 1.807) is 0 Å². The molecule has 17 heteroatoms. The second-order valence-corrected chi connectivity index (χ2v) is 13.9. The van der Waals surface area contributed by atoms with Gasteiger partial charge in [-0.2, -0.15) is 0 Å². The number of amides is 4. The van der Waals surface area contributed by atoms with Gasteiger partial charge < -0.3 is 14.9 Å². The SMILES string of the molecule is O=C(O)c1cccc(N2C(=O)[C@H]3[C@H](CC=C4[C@H]3C[C@@]3(Cl)C(=O)N(c5c(F)c(F)c(F)c(F)c5F)C(=O)[C@@]3(Cl)[C@H]4c3ccc(OCCO)cc3)C2=O)c1. The molecule has 0 unspecified atom stereocenters. The van der Waals surface area contributed by atoms with Crippen LogP contribution < -0.4 is 14.5 Å². The highest BCUT2D eigenvalue weighted by atomic mass is 35.5. The van der Waals surface area contributed by atoms with Crippen molar-refractivity contribution < 1.29 is 60.9 Å². The van der Waals surface area contributed by atoms with Crippen LogP contribution in [-0.4, -0.2) is 62.8 Å². The fraction of sp³-hybridized carbons (Fsp3) is 0.286. The van der Waals surface area contributed by atoms with Crippen molar-refractivity contribution >= 4 is 64.2 Å². The normalized spacial score (nSPS) is 28.1. The van der Waals surface area contributed by atoms with E-state index in [0.717, 1.165) is 11.0 Å². The first kappa shape index (κ1) is 35.5. The van der Waals surface area contributed by atoms with Crippen molar-refractivity contribution in [3.8, 4) is 5.75 Å². The average molecular weight is 765 g/mol. The molecule has 1 saturated carbocycles. The number of imide groups is 2. The van der Waals surface area contributed by atoms with Crippen molar-refractivity contribution in [1.82, 2.24) is 0 Å². The Morgan fingerprint density at radius 1 is 0.846 bits per heavy atom. The van der Waals surface area contributed by atoms with Crippen molar-refractivity contribution in [3.05, 3.63) is 100 Å². The van der Waals surface area contributed by atoms with E-state index in [2.05, 4.69) is 0 Å². The van der Waals surface area contributed by atoms with Gasteiger partial charge in [-0.1, -0.05) is 29.8 Å². The molecule has 2 saturated heterocycles. The highest BCUT2D eigenvalue weighted by Crippen LogP contribution is 2.66. The molecular weight excluding hydrogens is 742 g/mol. The summed E-state index contributed by atoms with van der Waals surface area (Å²) < 4.78 is 78.8. The molecule has 10 nitrogen and oxygen atoms in total. The number of carbonyl (C=O) groups excluding carboxylic acids is 4. The van der Waals surface area contributed by atoms with Crippen LogP contribution in [0.15, 0.2) is 60.2 Å². The van der Waals surface area contributed by atoms with Gasteiger partial charge in [-0.25, -0.2) is 31.6 Å². The Bertz CT molecular complexity index is 2120. The first-order chi connectivity index (χ1) is 24.6. The lowest BCUT2D eigenvalue weighted by molar-refractivity contribution is -0.125. The van der Waals surface area contributed by atoms with Gasteiger partial charge in [0.1, 0.15) is 18.0 Å².